The van der Waals surface area contributed by atoms with Crippen LogP contribution in [0.4, 0.5) is 0 Å². The summed E-state index contributed by atoms with van der Waals surface area (Å²) in [5, 5.41) is 0. The number of carbonyl (C=O) groups is 2. The molecule has 2 N–H and O–H groups in total. The van der Waals surface area contributed by atoms with Gasteiger partial charge in [-0.2, -0.15) is 0 Å². The number of rotatable bonds is 5. The largest absolute Gasteiger partial charge is 0.369 e. The van der Waals surface area contributed by atoms with Gasteiger partial charge >= 0.3 is 0 Å². The van der Waals surface area contributed by atoms with Crippen molar-refractivity contribution in [1.82, 2.24) is 0 Å². The average Bonchev–Trinajstić information content (AvgIpc) is 2.30. The second-order valence-corrected chi connectivity index (χ2v) is 3.82. The molecule has 1 unspecified atom stereocenters. The normalized spacial score (nSPS) is 21.2. The predicted molar refractivity (Wildman–Crippen MR) is 63.5 cm³/mol. The van der Waals surface area contributed by atoms with E-state index < -0.39 is 5.92 Å². The molecule has 0 radical (unpaired) electrons. The van der Waals surface area contributed by atoms with Crippen molar-refractivity contribution in [3.63, 3.8) is 0 Å². The number of hydrogen-bond donors (Lipinski definition) is 1. The Bertz CT molecular complexity index is 353. The maximum absolute atomic E-state index is 11.3. The number of carbonyl (C=O) groups excluding carboxylic acids is 2. The molecule has 2 atom stereocenters. The number of hydrogen-bond acceptors (Lipinski definition) is 2. The Kier molecular flexibility index (Phi) is 4.70. The molecule has 0 aromatic heterocycles. The molecule has 16 heavy (non-hydrogen) atoms. The van der Waals surface area contributed by atoms with Crippen LogP contribution in [-0.4, -0.2) is 11.7 Å². The van der Waals surface area contributed by atoms with Gasteiger partial charge in [-0.15, -0.1) is 0 Å². The zero-order chi connectivity index (χ0) is 12.0. The van der Waals surface area contributed by atoms with Crippen LogP contribution in [0.1, 0.15) is 19.8 Å². The SMILES string of the molecule is CCC(=O)/C=C/[C@H](C(N)=O)C1C=CC=CC1. The summed E-state index contributed by atoms with van der Waals surface area (Å²) >= 11 is 0. The minimum Gasteiger partial charge on any atom is -0.369 e. The zero-order valence-corrected chi connectivity index (χ0v) is 9.43. The van der Waals surface area contributed by atoms with Crippen molar-refractivity contribution in [3.05, 3.63) is 36.5 Å². The van der Waals surface area contributed by atoms with E-state index in [0.29, 0.717) is 6.42 Å². The summed E-state index contributed by atoms with van der Waals surface area (Å²) in [6.45, 7) is 1.79. The molecule has 0 aromatic carbocycles. The molecular weight excluding hydrogens is 202 g/mol. The van der Waals surface area contributed by atoms with Crippen LogP contribution in [0.2, 0.25) is 0 Å². The summed E-state index contributed by atoms with van der Waals surface area (Å²) in [4.78, 5) is 22.5. The van der Waals surface area contributed by atoms with E-state index in [1.807, 2.05) is 24.3 Å². The fourth-order valence-electron chi connectivity index (χ4n) is 1.64. The van der Waals surface area contributed by atoms with Crippen LogP contribution >= 0.6 is 0 Å². The van der Waals surface area contributed by atoms with Crippen LogP contribution in [0.3, 0.4) is 0 Å². The van der Waals surface area contributed by atoms with E-state index in [9.17, 15) is 9.59 Å². The maximum Gasteiger partial charge on any atom is 0.224 e. The van der Waals surface area contributed by atoms with Gasteiger partial charge in [0.25, 0.3) is 0 Å². The Labute approximate surface area is 95.7 Å². The molecule has 1 amide bonds. The molecule has 1 aliphatic rings. The average molecular weight is 219 g/mol. The molecule has 3 heteroatoms. The molecule has 1 aliphatic carbocycles. The summed E-state index contributed by atoms with van der Waals surface area (Å²) in [6, 6.07) is 0. The highest BCUT2D eigenvalue weighted by atomic mass is 16.1. The molecule has 0 saturated heterocycles. The van der Waals surface area contributed by atoms with Gasteiger partial charge in [0, 0.05) is 6.42 Å². The van der Waals surface area contributed by atoms with Crippen LogP contribution < -0.4 is 5.73 Å². The third-order valence-electron chi connectivity index (χ3n) is 2.64. The van der Waals surface area contributed by atoms with Crippen molar-refractivity contribution in [3.8, 4) is 0 Å². The lowest BCUT2D eigenvalue weighted by Gasteiger charge is -2.18. The molecule has 0 bridgehead atoms. The number of ketones is 1. The molecule has 0 saturated carbocycles. The zero-order valence-electron chi connectivity index (χ0n) is 9.43. The minimum atomic E-state index is -0.392. The van der Waals surface area contributed by atoms with Gasteiger partial charge in [0.15, 0.2) is 5.78 Å². The maximum atomic E-state index is 11.3. The van der Waals surface area contributed by atoms with E-state index in [1.165, 1.54) is 6.08 Å². The molecule has 0 spiro atoms. The number of allylic oxidation sites excluding steroid dienone is 5. The lowest BCUT2D eigenvalue weighted by atomic mass is 9.86. The van der Waals surface area contributed by atoms with Crippen LogP contribution in [0.5, 0.6) is 0 Å². The molecule has 0 heterocycles. The third-order valence-corrected chi connectivity index (χ3v) is 2.64. The summed E-state index contributed by atoms with van der Waals surface area (Å²) in [5.41, 5.74) is 5.34. The molecule has 86 valence electrons. The fraction of sp³-hybridized carbons (Fsp3) is 0.385. The van der Waals surface area contributed by atoms with Gasteiger partial charge in [0.05, 0.1) is 5.92 Å². The van der Waals surface area contributed by atoms with Crippen molar-refractivity contribution in [1.29, 1.82) is 0 Å². The van der Waals surface area contributed by atoms with Crippen molar-refractivity contribution >= 4 is 11.7 Å². The van der Waals surface area contributed by atoms with Crippen LogP contribution in [-0.2, 0) is 9.59 Å². The summed E-state index contributed by atoms with van der Waals surface area (Å²) < 4.78 is 0. The lowest BCUT2D eigenvalue weighted by molar-refractivity contribution is -0.121. The van der Waals surface area contributed by atoms with Crippen molar-refractivity contribution < 1.29 is 9.59 Å². The first-order valence-electron chi connectivity index (χ1n) is 5.48. The second kappa shape index (κ2) is 6.05. The molecule has 1 rings (SSSR count). The summed E-state index contributed by atoms with van der Waals surface area (Å²) in [7, 11) is 0. The van der Waals surface area contributed by atoms with Crippen LogP contribution in [0, 0.1) is 11.8 Å². The van der Waals surface area contributed by atoms with Crippen molar-refractivity contribution in [2.75, 3.05) is 0 Å². The smallest absolute Gasteiger partial charge is 0.224 e. The standard InChI is InChI=1S/C13H17NO2/c1-2-11(15)8-9-12(13(14)16)10-6-4-3-5-7-10/h3-6,8-10,12H,2,7H2,1H3,(H2,14,16)/b9-8+/t10?,12-/m0/s1. The molecule has 0 aromatic rings. The Morgan fingerprint density at radius 1 is 1.50 bits per heavy atom. The van der Waals surface area contributed by atoms with Crippen LogP contribution in [0.15, 0.2) is 36.5 Å². The predicted octanol–water partition coefficient (Wildman–Crippen LogP) is 1.76. The molecule has 3 nitrogen and oxygen atoms in total. The van der Waals surface area contributed by atoms with E-state index in [0.717, 1.165) is 6.42 Å². The van der Waals surface area contributed by atoms with Gasteiger partial charge in [0.1, 0.15) is 0 Å². The first-order valence-corrected chi connectivity index (χ1v) is 5.48. The van der Waals surface area contributed by atoms with Gasteiger partial charge in [-0.25, -0.2) is 0 Å². The van der Waals surface area contributed by atoms with Gasteiger partial charge in [-0.3, -0.25) is 9.59 Å². The van der Waals surface area contributed by atoms with Crippen molar-refractivity contribution in [2.45, 2.75) is 19.8 Å². The monoisotopic (exact) mass is 219 g/mol. The highest BCUT2D eigenvalue weighted by Crippen LogP contribution is 2.22. The number of nitrogens with two attached hydrogens (primary N) is 1. The Hall–Kier alpha value is -1.64. The quantitative estimate of drug-likeness (QED) is 0.716. The van der Waals surface area contributed by atoms with Crippen LogP contribution in [0.25, 0.3) is 0 Å². The second-order valence-electron chi connectivity index (χ2n) is 3.82. The highest BCUT2D eigenvalue weighted by Gasteiger charge is 2.21. The van der Waals surface area contributed by atoms with Crippen molar-refractivity contribution in [2.24, 2.45) is 17.6 Å². The summed E-state index contributed by atoms with van der Waals surface area (Å²) in [5.74, 6) is -0.688. The molecular formula is C13H17NO2. The molecule has 0 aliphatic heterocycles. The third kappa shape index (κ3) is 3.50. The Morgan fingerprint density at radius 2 is 2.25 bits per heavy atom. The fourth-order valence-corrected chi connectivity index (χ4v) is 1.64. The first-order chi connectivity index (χ1) is 7.65. The first kappa shape index (κ1) is 12.4. The van der Waals surface area contributed by atoms with Gasteiger partial charge < -0.3 is 5.73 Å². The Morgan fingerprint density at radius 3 is 2.75 bits per heavy atom. The van der Waals surface area contributed by atoms with Gasteiger partial charge in [0.2, 0.25) is 5.91 Å². The van der Waals surface area contributed by atoms with E-state index >= 15 is 0 Å². The highest BCUT2D eigenvalue weighted by molar-refractivity contribution is 5.90. The number of amides is 1. The summed E-state index contributed by atoms with van der Waals surface area (Å²) in [6.07, 6.45) is 12.1. The van der Waals surface area contributed by atoms with E-state index in [2.05, 4.69) is 0 Å². The van der Waals surface area contributed by atoms with Gasteiger partial charge in [-0.1, -0.05) is 37.3 Å². The minimum absolute atomic E-state index is 0.0154. The molecule has 0 fully saturated rings. The lowest BCUT2D eigenvalue weighted by Crippen LogP contribution is -2.28. The number of primary amides is 1. The van der Waals surface area contributed by atoms with E-state index in [-0.39, 0.29) is 17.6 Å². The van der Waals surface area contributed by atoms with E-state index in [4.69, 9.17) is 5.73 Å². The van der Waals surface area contributed by atoms with Gasteiger partial charge in [-0.05, 0) is 18.4 Å². The topological polar surface area (TPSA) is 60.2 Å². The van der Waals surface area contributed by atoms with E-state index in [1.54, 1.807) is 13.0 Å². The Balaban J connectivity index is 2.71.